The van der Waals surface area contributed by atoms with Crippen molar-refractivity contribution in [3.63, 3.8) is 0 Å². The zero-order chi connectivity index (χ0) is 22.0. The molecule has 2 heterocycles. The predicted octanol–water partition coefficient (Wildman–Crippen LogP) is 3.73. The van der Waals surface area contributed by atoms with Gasteiger partial charge in [0.15, 0.2) is 0 Å². The van der Waals surface area contributed by atoms with E-state index in [1.54, 1.807) is 57.2 Å². The highest BCUT2D eigenvalue weighted by atomic mass is 16.5. The van der Waals surface area contributed by atoms with Crippen LogP contribution in [0.25, 0.3) is 17.4 Å². The highest BCUT2D eigenvalue weighted by Gasteiger charge is 2.33. The summed E-state index contributed by atoms with van der Waals surface area (Å²) in [6, 6.07) is 12.1. The third kappa shape index (κ3) is 3.94. The summed E-state index contributed by atoms with van der Waals surface area (Å²) in [6.07, 6.45) is 1.31. The van der Waals surface area contributed by atoms with Gasteiger partial charge in [0.05, 0.1) is 11.7 Å². The molecule has 7 nitrogen and oxygen atoms in total. The van der Waals surface area contributed by atoms with Crippen LogP contribution in [0, 0.1) is 11.3 Å². The van der Waals surface area contributed by atoms with Gasteiger partial charge >= 0.3 is 5.97 Å². The summed E-state index contributed by atoms with van der Waals surface area (Å²) in [5, 5.41) is 9.23. The quantitative estimate of drug-likeness (QED) is 0.437. The first-order valence-corrected chi connectivity index (χ1v) is 9.29. The number of hydrogen-bond acceptors (Lipinski definition) is 6. The fraction of sp³-hybridized carbons (Fsp3) is 0.217. The first-order valence-electron chi connectivity index (χ1n) is 9.29. The standard InChI is InChI=1S/C23H20N2O5/c1-13(2)29-23(28)16-7-5-15(6-8-16)20-10-9-17(30-20)11-18-14(3)19(12-24)22(27)25(4)21(18)26/h5-11,13H,1-4H3. The Labute approximate surface area is 173 Å². The minimum Gasteiger partial charge on any atom is -0.459 e. The third-order valence-corrected chi connectivity index (χ3v) is 4.61. The lowest BCUT2D eigenvalue weighted by Gasteiger charge is -2.23. The second kappa shape index (κ2) is 8.21. The average molecular weight is 404 g/mol. The molecule has 0 aliphatic carbocycles. The molecule has 0 fully saturated rings. The molecule has 30 heavy (non-hydrogen) atoms. The highest BCUT2D eigenvalue weighted by molar-refractivity contribution is 6.19. The van der Waals surface area contributed by atoms with Crippen molar-refractivity contribution in [2.24, 2.45) is 0 Å². The molecule has 0 N–H and O–H groups in total. The van der Waals surface area contributed by atoms with Crippen molar-refractivity contribution >= 4 is 23.9 Å². The van der Waals surface area contributed by atoms with Crippen LogP contribution in [0.1, 0.15) is 36.9 Å². The molecule has 1 aromatic carbocycles. The molecule has 152 valence electrons. The SMILES string of the molecule is CC1=C(C#N)C(=O)N(C)C(=O)C1=Cc1ccc(-c2ccc(C(=O)OC(C)C)cc2)o1. The van der Waals surface area contributed by atoms with Crippen LogP contribution >= 0.6 is 0 Å². The smallest absolute Gasteiger partial charge is 0.338 e. The molecule has 0 atom stereocenters. The molecule has 0 radical (unpaired) electrons. The number of nitrogens with zero attached hydrogens (tertiary/aromatic N) is 2. The highest BCUT2D eigenvalue weighted by Crippen LogP contribution is 2.28. The fourth-order valence-corrected chi connectivity index (χ4v) is 2.98. The molecule has 2 aromatic rings. The van der Waals surface area contributed by atoms with E-state index in [1.165, 1.54) is 13.1 Å². The van der Waals surface area contributed by atoms with Gasteiger partial charge in [0, 0.05) is 18.2 Å². The van der Waals surface area contributed by atoms with E-state index >= 15 is 0 Å². The Morgan fingerprint density at radius 1 is 1.13 bits per heavy atom. The number of amides is 2. The molecule has 0 unspecified atom stereocenters. The van der Waals surface area contributed by atoms with E-state index < -0.39 is 17.8 Å². The number of rotatable bonds is 4. The van der Waals surface area contributed by atoms with E-state index in [4.69, 9.17) is 9.15 Å². The zero-order valence-electron chi connectivity index (χ0n) is 17.1. The number of hydrogen-bond donors (Lipinski definition) is 0. The maximum absolute atomic E-state index is 12.5. The van der Waals surface area contributed by atoms with Crippen LogP contribution < -0.4 is 0 Å². The van der Waals surface area contributed by atoms with Crippen LogP contribution in [0.3, 0.4) is 0 Å². The topological polar surface area (TPSA) is 101 Å². The monoisotopic (exact) mass is 404 g/mol. The van der Waals surface area contributed by atoms with Gasteiger partial charge in [-0.05, 0) is 56.7 Å². The van der Waals surface area contributed by atoms with Gasteiger partial charge in [-0.15, -0.1) is 0 Å². The second-order valence-corrected chi connectivity index (χ2v) is 7.07. The lowest BCUT2D eigenvalue weighted by Crippen LogP contribution is -2.39. The van der Waals surface area contributed by atoms with Crippen LogP contribution in [-0.2, 0) is 14.3 Å². The summed E-state index contributed by atoms with van der Waals surface area (Å²) in [6.45, 7) is 5.13. The Morgan fingerprint density at radius 3 is 2.40 bits per heavy atom. The van der Waals surface area contributed by atoms with Gasteiger partial charge < -0.3 is 9.15 Å². The van der Waals surface area contributed by atoms with Gasteiger partial charge in [-0.1, -0.05) is 12.1 Å². The van der Waals surface area contributed by atoms with Crippen LogP contribution in [0.15, 0.2) is 57.5 Å². The molecule has 2 amide bonds. The van der Waals surface area contributed by atoms with Gasteiger partial charge in [0.1, 0.15) is 23.2 Å². The van der Waals surface area contributed by atoms with Gasteiger partial charge in [-0.25, -0.2) is 4.79 Å². The largest absolute Gasteiger partial charge is 0.459 e. The molecular formula is C23H20N2O5. The van der Waals surface area contributed by atoms with E-state index in [0.29, 0.717) is 22.7 Å². The van der Waals surface area contributed by atoms with E-state index in [0.717, 1.165) is 10.5 Å². The van der Waals surface area contributed by atoms with Gasteiger partial charge in [-0.3, -0.25) is 14.5 Å². The fourth-order valence-electron chi connectivity index (χ4n) is 2.98. The summed E-state index contributed by atoms with van der Waals surface area (Å²) >= 11 is 0. The first-order chi connectivity index (χ1) is 14.2. The molecule has 0 saturated carbocycles. The number of carbonyl (C=O) groups excluding carboxylic acids is 3. The van der Waals surface area contributed by atoms with Gasteiger partial charge in [0.2, 0.25) is 0 Å². The molecule has 1 aromatic heterocycles. The number of esters is 1. The first kappa shape index (κ1) is 20.8. The number of carbonyl (C=O) groups is 3. The maximum Gasteiger partial charge on any atom is 0.338 e. The molecule has 3 rings (SSSR count). The van der Waals surface area contributed by atoms with Crippen molar-refractivity contribution in [1.82, 2.24) is 4.90 Å². The van der Waals surface area contributed by atoms with E-state index in [2.05, 4.69) is 0 Å². The minimum absolute atomic E-state index is 0.0704. The van der Waals surface area contributed by atoms with Gasteiger partial charge in [0.25, 0.3) is 11.8 Å². The number of imide groups is 1. The molecule has 0 saturated heterocycles. The number of likely N-dealkylation sites (N-methyl/N-ethyl adjacent to an activating group) is 1. The Kier molecular flexibility index (Phi) is 5.70. The van der Waals surface area contributed by atoms with Crippen LogP contribution in [0.5, 0.6) is 0 Å². The maximum atomic E-state index is 12.5. The summed E-state index contributed by atoms with van der Waals surface area (Å²) in [5.41, 5.74) is 1.65. The normalized spacial score (nSPS) is 15.7. The van der Waals surface area contributed by atoms with Crippen molar-refractivity contribution in [2.45, 2.75) is 26.9 Å². The molecule has 1 aliphatic heterocycles. The van der Waals surface area contributed by atoms with Crippen LogP contribution in [0.4, 0.5) is 0 Å². The van der Waals surface area contributed by atoms with E-state index in [9.17, 15) is 19.6 Å². The molecule has 0 bridgehead atoms. The Morgan fingerprint density at radius 2 is 1.80 bits per heavy atom. The van der Waals surface area contributed by atoms with Gasteiger partial charge in [-0.2, -0.15) is 5.26 Å². The van der Waals surface area contributed by atoms with Crippen molar-refractivity contribution in [1.29, 1.82) is 5.26 Å². The Bertz CT molecular complexity index is 1130. The molecule has 1 aliphatic rings. The lowest BCUT2D eigenvalue weighted by atomic mass is 9.95. The summed E-state index contributed by atoms with van der Waals surface area (Å²) in [4.78, 5) is 37.4. The number of ether oxygens (including phenoxy) is 1. The molecule has 0 spiro atoms. The van der Waals surface area contributed by atoms with E-state index in [1.807, 2.05) is 6.07 Å². The Hall–Kier alpha value is -3.92. The summed E-state index contributed by atoms with van der Waals surface area (Å²) in [5.74, 6) is -0.571. The van der Waals surface area contributed by atoms with Crippen molar-refractivity contribution in [3.8, 4) is 17.4 Å². The minimum atomic E-state index is -0.617. The third-order valence-electron chi connectivity index (χ3n) is 4.61. The lowest BCUT2D eigenvalue weighted by molar-refractivity contribution is -0.138. The van der Waals surface area contributed by atoms with Crippen molar-refractivity contribution < 1.29 is 23.5 Å². The molecule has 7 heteroatoms. The van der Waals surface area contributed by atoms with Crippen molar-refractivity contribution in [3.05, 3.63) is 64.4 Å². The number of benzene rings is 1. The van der Waals surface area contributed by atoms with Crippen LogP contribution in [0.2, 0.25) is 0 Å². The predicted molar refractivity (Wildman–Crippen MR) is 109 cm³/mol. The summed E-state index contributed by atoms with van der Waals surface area (Å²) in [7, 11) is 1.34. The van der Waals surface area contributed by atoms with E-state index in [-0.39, 0.29) is 17.3 Å². The average Bonchev–Trinajstić information content (AvgIpc) is 3.18. The van der Waals surface area contributed by atoms with Crippen molar-refractivity contribution in [2.75, 3.05) is 7.05 Å². The van der Waals surface area contributed by atoms with Crippen LogP contribution in [-0.4, -0.2) is 35.8 Å². The summed E-state index contributed by atoms with van der Waals surface area (Å²) < 4.78 is 11.0. The molecular weight excluding hydrogens is 384 g/mol. The number of nitriles is 1. The zero-order valence-corrected chi connectivity index (χ0v) is 17.1. The number of furan rings is 1. The Balaban J connectivity index is 1.89. The second-order valence-electron chi connectivity index (χ2n) is 7.07.